The minimum Gasteiger partial charge on any atom is -0.496 e. The van der Waals surface area contributed by atoms with Crippen molar-refractivity contribution in [2.24, 2.45) is 7.05 Å². The van der Waals surface area contributed by atoms with E-state index in [-0.39, 0.29) is 6.03 Å². The summed E-state index contributed by atoms with van der Waals surface area (Å²) in [7, 11) is 3.45. The van der Waals surface area contributed by atoms with E-state index >= 15 is 0 Å². The first-order chi connectivity index (χ1) is 9.69. The van der Waals surface area contributed by atoms with Crippen LogP contribution in [0.15, 0.2) is 36.7 Å². The highest BCUT2D eigenvalue weighted by Crippen LogP contribution is 2.16. The van der Waals surface area contributed by atoms with Crippen molar-refractivity contribution >= 4 is 6.03 Å². The number of urea groups is 1. The molecule has 2 N–H and O–H groups in total. The van der Waals surface area contributed by atoms with E-state index in [1.54, 1.807) is 18.0 Å². The van der Waals surface area contributed by atoms with Crippen molar-refractivity contribution < 1.29 is 9.53 Å². The summed E-state index contributed by atoms with van der Waals surface area (Å²) < 4.78 is 6.93. The van der Waals surface area contributed by atoms with E-state index in [9.17, 15) is 4.79 Å². The molecule has 0 bridgehead atoms. The second kappa shape index (κ2) is 6.60. The monoisotopic (exact) mass is 274 g/mol. The maximum atomic E-state index is 11.7. The lowest BCUT2D eigenvalue weighted by molar-refractivity contribution is 0.240. The van der Waals surface area contributed by atoms with Crippen molar-refractivity contribution in [3.63, 3.8) is 0 Å². The van der Waals surface area contributed by atoms with E-state index in [0.717, 1.165) is 16.9 Å². The van der Waals surface area contributed by atoms with Gasteiger partial charge in [-0.25, -0.2) is 4.79 Å². The van der Waals surface area contributed by atoms with Crippen LogP contribution < -0.4 is 15.4 Å². The quantitative estimate of drug-likeness (QED) is 0.866. The Kier molecular flexibility index (Phi) is 4.60. The zero-order valence-electron chi connectivity index (χ0n) is 11.6. The van der Waals surface area contributed by atoms with Gasteiger partial charge in [-0.05, 0) is 6.07 Å². The van der Waals surface area contributed by atoms with E-state index in [1.165, 1.54) is 0 Å². The summed E-state index contributed by atoms with van der Waals surface area (Å²) in [5.41, 5.74) is 1.89. The molecule has 0 spiro atoms. The van der Waals surface area contributed by atoms with Crippen LogP contribution in [0.3, 0.4) is 0 Å². The molecule has 0 saturated heterocycles. The molecule has 0 aliphatic carbocycles. The minimum atomic E-state index is -0.222. The molecule has 0 atom stereocenters. The zero-order valence-corrected chi connectivity index (χ0v) is 11.6. The van der Waals surface area contributed by atoms with Gasteiger partial charge in [0.15, 0.2) is 0 Å². The highest BCUT2D eigenvalue weighted by molar-refractivity contribution is 5.73. The van der Waals surface area contributed by atoms with Crippen molar-refractivity contribution in [3.8, 4) is 5.75 Å². The molecule has 1 aromatic heterocycles. The molecule has 0 radical (unpaired) electrons. The lowest BCUT2D eigenvalue weighted by atomic mass is 10.2. The van der Waals surface area contributed by atoms with Gasteiger partial charge in [-0.2, -0.15) is 5.10 Å². The van der Waals surface area contributed by atoms with Gasteiger partial charge < -0.3 is 15.4 Å². The molecule has 2 aromatic rings. The number of hydrogen-bond acceptors (Lipinski definition) is 3. The number of nitrogens with zero attached hydrogens (tertiary/aromatic N) is 2. The molecule has 0 aliphatic heterocycles. The van der Waals surface area contributed by atoms with Crippen molar-refractivity contribution in [1.82, 2.24) is 20.4 Å². The number of carbonyl (C=O) groups excluding carboxylic acids is 1. The molecule has 0 aliphatic rings. The van der Waals surface area contributed by atoms with Crippen LogP contribution in [0, 0.1) is 0 Å². The highest BCUT2D eigenvalue weighted by Gasteiger charge is 2.05. The normalized spacial score (nSPS) is 10.1. The zero-order chi connectivity index (χ0) is 14.4. The van der Waals surface area contributed by atoms with Gasteiger partial charge in [0.2, 0.25) is 0 Å². The maximum absolute atomic E-state index is 11.7. The first-order valence-corrected chi connectivity index (χ1v) is 6.30. The molecule has 2 amide bonds. The van der Waals surface area contributed by atoms with Gasteiger partial charge in [0.25, 0.3) is 0 Å². The largest absolute Gasteiger partial charge is 0.496 e. The molecule has 6 heteroatoms. The molecular formula is C14H18N4O2. The second-order valence-electron chi connectivity index (χ2n) is 4.37. The Bertz CT molecular complexity index is 580. The molecule has 6 nitrogen and oxygen atoms in total. The second-order valence-corrected chi connectivity index (χ2v) is 4.37. The molecule has 0 unspecified atom stereocenters. The Morgan fingerprint density at radius 1 is 1.30 bits per heavy atom. The summed E-state index contributed by atoms with van der Waals surface area (Å²) >= 11 is 0. The lowest BCUT2D eigenvalue weighted by Crippen LogP contribution is -2.34. The van der Waals surface area contributed by atoms with E-state index in [2.05, 4.69) is 15.7 Å². The van der Waals surface area contributed by atoms with Crippen LogP contribution in [0.5, 0.6) is 5.75 Å². The van der Waals surface area contributed by atoms with Crippen LogP contribution in [-0.2, 0) is 20.1 Å². The molecule has 0 fully saturated rings. The number of aryl methyl sites for hydroxylation is 1. The first-order valence-electron chi connectivity index (χ1n) is 6.30. The number of carbonyl (C=O) groups is 1. The third-order valence-electron chi connectivity index (χ3n) is 2.84. The predicted molar refractivity (Wildman–Crippen MR) is 75.3 cm³/mol. The average molecular weight is 274 g/mol. The third kappa shape index (κ3) is 3.74. The Labute approximate surface area is 117 Å². The Balaban J connectivity index is 1.80. The van der Waals surface area contributed by atoms with E-state index in [1.807, 2.05) is 37.5 Å². The number of nitrogens with one attached hydrogen (secondary N) is 2. The topological polar surface area (TPSA) is 68.2 Å². The minimum absolute atomic E-state index is 0.222. The lowest BCUT2D eigenvalue weighted by Gasteiger charge is -2.10. The number of aromatic nitrogens is 2. The summed E-state index contributed by atoms with van der Waals surface area (Å²) in [5, 5.41) is 9.61. The van der Waals surface area contributed by atoms with Crippen LogP contribution >= 0.6 is 0 Å². The molecule has 0 saturated carbocycles. The Hall–Kier alpha value is -2.50. The van der Waals surface area contributed by atoms with Crippen LogP contribution in [0.1, 0.15) is 11.1 Å². The van der Waals surface area contributed by atoms with Gasteiger partial charge in [-0.3, -0.25) is 4.68 Å². The SMILES string of the molecule is COc1ccccc1CNC(=O)NCc1cnn(C)c1. The number of para-hydroxylation sites is 1. The van der Waals surface area contributed by atoms with Crippen LogP contribution in [0.25, 0.3) is 0 Å². The maximum Gasteiger partial charge on any atom is 0.315 e. The van der Waals surface area contributed by atoms with Gasteiger partial charge in [0, 0.05) is 37.5 Å². The number of hydrogen-bond donors (Lipinski definition) is 2. The molecule has 106 valence electrons. The fourth-order valence-corrected chi connectivity index (χ4v) is 1.83. The van der Waals surface area contributed by atoms with Gasteiger partial charge in [-0.1, -0.05) is 18.2 Å². The third-order valence-corrected chi connectivity index (χ3v) is 2.84. The van der Waals surface area contributed by atoms with Gasteiger partial charge in [-0.15, -0.1) is 0 Å². The number of rotatable bonds is 5. The summed E-state index contributed by atoms with van der Waals surface area (Å²) in [5.74, 6) is 0.764. The standard InChI is InChI=1S/C14H18N4O2/c1-18-10-11(8-17-18)7-15-14(19)16-9-12-5-3-4-6-13(12)20-2/h3-6,8,10H,7,9H2,1-2H3,(H2,15,16,19). The van der Waals surface area contributed by atoms with Crippen molar-refractivity contribution in [3.05, 3.63) is 47.8 Å². The van der Waals surface area contributed by atoms with Gasteiger partial charge in [0.1, 0.15) is 5.75 Å². The van der Waals surface area contributed by atoms with E-state index < -0.39 is 0 Å². The van der Waals surface area contributed by atoms with Crippen LogP contribution in [0.2, 0.25) is 0 Å². The molecule has 2 rings (SSSR count). The van der Waals surface area contributed by atoms with Crippen molar-refractivity contribution in [2.45, 2.75) is 13.1 Å². The van der Waals surface area contributed by atoms with Crippen molar-refractivity contribution in [1.29, 1.82) is 0 Å². The van der Waals surface area contributed by atoms with Gasteiger partial charge >= 0.3 is 6.03 Å². The highest BCUT2D eigenvalue weighted by atomic mass is 16.5. The van der Waals surface area contributed by atoms with Crippen LogP contribution in [-0.4, -0.2) is 22.9 Å². The smallest absolute Gasteiger partial charge is 0.315 e. The summed E-state index contributed by atoms with van der Waals surface area (Å²) in [6.07, 6.45) is 3.58. The average Bonchev–Trinajstić information content (AvgIpc) is 2.89. The Morgan fingerprint density at radius 2 is 2.05 bits per heavy atom. The summed E-state index contributed by atoms with van der Waals surface area (Å²) in [4.78, 5) is 11.7. The van der Waals surface area contributed by atoms with Crippen LogP contribution in [0.4, 0.5) is 4.79 Å². The number of benzene rings is 1. The van der Waals surface area contributed by atoms with Crippen molar-refractivity contribution in [2.75, 3.05) is 7.11 Å². The summed E-state index contributed by atoms with van der Waals surface area (Å²) in [6.45, 7) is 0.870. The Morgan fingerprint density at radius 3 is 2.75 bits per heavy atom. The fraction of sp³-hybridized carbons (Fsp3) is 0.286. The molecule has 1 heterocycles. The number of amides is 2. The number of ether oxygens (including phenoxy) is 1. The first kappa shape index (κ1) is 13.9. The van der Waals surface area contributed by atoms with Gasteiger partial charge in [0.05, 0.1) is 13.3 Å². The molecule has 1 aromatic carbocycles. The molecule has 20 heavy (non-hydrogen) atoms. The predicted octanol–water partition coefficient (Wildman–Crippen LogP) is 1.43. The summed E-state index contributed by atoms with van der Waals surface area (Å²) in [6, 6.07) is 7.36. The van der Waals surface area contributed by atoms with E-state index in [4.69, 9.17) is 4.74 Å². The molecular weight excluding hydrogens is 256 g/mol. The van der Waals surface area contributed by atoms with E-state index in [0.29, 0.717) is 13.1 Å². The number of methoxy groups -OCH3 is 1. The fourth-order valence-electron chi connectivity index (χ4n) is 1.83.